The summed E-state index contributed by atoms with van der Waals surface area (Å²) in [6.45, 7) is 3.78. The molecule has 4 aromatic rings. The second-order valence-corrected chi connectivity index (χ2v) is 7.31. The molecule has 0 saturated heterocycles. The molecule has 0 radical (unpaired) electrons. The fourth-order valence-electron chi connectivity index (χ4n) is 3.49. The molecule has 2 aromatic carbocycles. The second-order valence-electron chi connectivity index (χ2n) is 7.31. The van der Waals surface area contributed by atoms with Crippen molar-refractivity contribution in [2.24, 2.45) is 0 Å². The number of carbonyl (C=O) groups is 1. The first kappa shape index (κ1) is 18.8. The Morgan fingerprint density at radius 3 is 2.55 bits per heavy atom. The van der Waals surface area contributed by atoms with E-state index in [0.29, 0.717) is 11.4 Å². The highest BCUT2D eigenvalue weighted by Gasteiger charge is 2.13. The molecule has 0 aliphatic rings. The minimum atomic E-state index is -0.322. The van der Waals surface area contributed by atoms with Crippen molar-refractivity contribution in [2.45, 2.75) is 26.7 Å². The highest BCUT2D eigenvalue weighted by molar-refractivity contribution is 5.87. The summed E-state index contributed by atoms with van der Waals surface area (Å²) in [4.78, 5) is 12.5. The van der Waals surface area contributed by atoms with Gasteiger partial charge in [-0.05, 0) is 53.8 Å². The number of nitrogens with zero attached hydrogens (tertiary/aromatic N) is 3. The minimum absolute atomic E-state index is 0.0220. The average molecular weight is 388 g/mol. The SMILES string of the molecule is Cc1cc(F)c(CC(=O)Cc2ccc(-c3cccn4nnc(N)c34)cc2)cc1C. The van der Waals surface area contributed by atoms with Gasteiger partial charge in [0.15, 0.2) is 5.82 Å². The van der Waals surface area contributed by atoms with Crippen LogP contribution >= 0.6 is 0 Å². The molecule has 0 unspecified atom stereocenters. The van der Waals surface area contributed by atoms with Crippen molar-refractivity contribution in [3.8, 4) is 11.1 Å². The number of benzene rings is 2. The number of aryl methyl sites for hydroxylation is 2. The molecule has 0 bridgehead atoms. The van der Waals surface area contributed by atoms with Crippen molar-refractivity contribution >= 4 is 17.1 Å². The van der Waals surface area contributed by atoms with Crippen LogP contribution in [0.25, 0.3) is 16.6 Å². The first-order valence-corrected chi connectivity index (χ1v) is 9.38. The van der Waals surface area contributed by atoms with Gasteiger partial charge in [0, 0.05) is 24.6 Å². The zero-order valence-corrected chi connectivity index (χ0v) is 16.3. The monoisotopic (exact) mass is 388 g/mol. The van der Waals surface area contributed by atoms with Crippen LogP contribution in [0.5, 0.6) is 0 Å². The van der Waals surface area contributed by atoms with E-state index in [1.54, 1.807) is 16.8 Å². The summed E-state index contributed by atoms with van der Waals surface area (Å²) in [7, 11) is 0. The van der Waals surface area contributed by atoms with E-state index in [1.807, 2.05) is 50.2 Å². The number of hydrogen-bond donors (Lipinski definition) is 1. The third-order valence-electron chi connectivity index (χ3n) is 5.18. The number of aromatic nitrogens is 3. The van der Waals surface area contributed by atoms with Crippen molar-refractivity contribution in [1.82, 2.24) is 14.8 Å². The molecule has 2 N–H and O–H groups in total. The maximum atomic E-state index is 14.1. The van der Waals surface area contributed by atoms with Gasteiger partial charge in [-0.25, -0.2) is 8.91 Å². The summed E-state index contributed by atoms with van der Waals surface area (Å²) >= 11 is 0. The number of nitrogen functional groups attached to an aromatic ring is 1. The van der Waals surface area contributed by atoms with Crippen molar-refractivity contribution in [2.75, 3.05) is 5.73 Å². The Labute approximate surface area is 168 Å². The van der Waals surface area contributed by atoms with Crippen LogP contribution in [0.4, 0.5) is 10.2 Å². The molecule has 29 heavy (non-hydrogen) atoms. The van der Waals surface area contributed by atoms with Gasteiger partial charge in [-0.3, -0.25) is 4.79 Å². The lowest BCUT2D eigenvalue weighted by atomic mass is 9.97. The molecule has 4 rings (SSSR count). The van der Waals surface area contributed by atoms with E-state index in [1.165, 1.54) is 6.07 Å². The summed E-state index contributed by atoms with van der Waals surface area (Å²) < 4.78 is 15.8. The number of ketones is 1. The smallest absolute Gasteiger partial charge is 0.174 e. The molecule has 0 amide bonds. The minimum Gasteiger partial charge on any atom is -0.380 e. The molecule has 146 valence electrons. The molecule has 0 saturated carbocycles. The molecule has 6 heteroatoms. The van der Waals surface area contributed by atoms with Gasteiger partial charge in [0.25, 0.3) is 0 Å². The van der Waals surface area contributed by atoms with Crippen LogP contribution in [0.15, 0.2) is 54.7 Å². The molecule has 5 nitrogen and oxygen atoms in total. The largest absolute Gasteiger partial charge is 0.380 e. The number of carbonyl (C=O) groups excluding carboxylic acids is 1. The number of rotatable bonds is 5. The van der Waals surface area contributed by atoms with E-state index in [-0.39, 0.29) is 24.4 Å². The number of nitrogens with two attached hydrogens (primary N) is 1. The lowest BCUT2D eigenvalue weighted by Crippen LogP contribution is -2.08. The van der Waals surface area contributed by atoms with Crippen LogP contribution in [-0.4, -0.2) is 20.6 Å². The quantitative estimate of drug-likeness (QED) is 0.559. The van der Waals surface area contributed by atoms with Gasteiger partial charge < -0.3 is 5.73 Å². The lowest BCUT2D eigenvalue weighted by Gasteiger charge is -2.08. The van der Waals surface area contributed by atoms with Crippen LogP contribution in [0, 0.1) is 19.7 Å². The standard InChI is InChI=1S/C23H21FN4O/c1-14-10-18(21(24)11-15(14)2)13-19(29)12-16-5-7-17(8-6-16)20-4-3-9-28-22(20)23(25)26-27-28/h3-11H,12-13,25H2,1-2H3. The van der Waals surface area contributed by atoms with Crippen LogP contribution in [0.1, 0.15) is 22.3 Å². The van der Waals surface area contributed by atoms with Gasteiger partial charge in [-0.15, -0.1) is 5.10 Å². The van der Waals surface area contributed by atoms with Gasteiger partial charge in [0.05, 0.1) is 0 Å². The number of halogens is 1. The maximum absolute atomic E-state index is 14.1. The summed E-state index contributed by atoms with van der Waals surface area (Å²) in [6.07, 6.45) is 2.14. The average Bonchev–Trinajstić information content (AvgIpc) is 3.08. The molecular formula is C23H21FN4O. The second kappa shape index (κ2) is 7.47. The molecule has 0 aliphatic carbocycles. The van der Waals surface area contributed by atoms with E-state index >= 15 is 0 Å². The maximum Gasteiger partial charge on any atom is 0.174 e. The third kappa shape index (κ3) is 3.74. The number of fused-ring (bicyclic) bond motifs is 1. The summed E-state index contributed by atoms with van der Waals surface area (Å²) in [5.41, 5.74) is 11.8. The fraction of sp³-hybridized carbons (Fsp3) is 0.174. The Hall–Kier alpha value is -3.54. The van der Waals surface area contributed by atoms with E-state index in [2.05, 4.69) is 10.3 Å². The van der Waals surface area contributed by atoms with E-state index in [4.69, 9.17) is 5.73 Å². The van der Waals surface area contributed by atoms with Gasteiger partial charge in [-0.1, -0.05) is 41.6 Å². The molecule has 2 heterocycles. The van der Waals surface area contributed by atoms with E-state index < -0.39 is 0 Å². The highest BCUT2D eigenvalue weighted by atomic mass is 19.1. The summed E-state index contributed by atoms with van der Waals surface area (Å²) in [6, 6.07) is 14.8. The zero-order chi connectivity index (χ0) is 20.5. The predicted octanol–water partition coefficient (Wildman–Crippen LogP) is 4.09. The Morgan fingerprint density at radius 2 is 1.79 bits per heavy atom. The molecule has 0 atom stereocenters. The highest BCUT2D eigenvalue weighted by Crippen LogP contribution is 2.27. The number of Topliss-reactive ketones (excluding diaryl/α,β-unsaturated/α-hetero) is 1. The van der Waals surface area contributed by atoms with Crippen molar-refractivity contribution in [1.29, 1.82) is 0 Å². The molecule has 0 fully saturated rings. The van der Waals surface area contributed by atoms with Crippen LogP contribution in [0.3, 0.4) is 0 Å². The number of anilines is 1. The van der Waals surface area contributed by atoms with Gasteiger partial charge in [0.2, 0.25) is 0 Å². The summed E-state index contributed by atoms with van der Waals surface area (Å²) in [5, 5.41) is 7.90. The summed E-state index contributed by atoms with van der Waals surface area (Å²) in [5.74, 6) is 0.0263. The van der Waals surface area contributed by atoms with Crippen molar-refractivity contribution in [3.05, 3.63) is 82.8 Å². The normalized spacial score (nSPS) is 11.1. The van der Waals surface area contributed by atoms with Gasteiger partial charge in [0.1, 0.15) is 17.1 Å². The number of hydrogen-bond acceptors (Lipinski definition) is 4. The Balaban J connectivity index is 1.52. The van der Waals surface area contributed by atoms with E-state index in [0.717, 1.165) is 33.3 Å². The number of pyridine rings is 1. The molecular weight excluding hydrogens is 367 g/mol. The van der Waals surface area contributed by atoms with Crippen LogP contribution < -0.4 is 5.73 Å². The van der Waals surface area contributed by atoms with Crippen LogP contribution in [0.2, 0.25) is 0 Å². The third-order valence-corrected chi connectivity index (χ3v) is 5.18. The molecule has 0 spiro atoms. The van der Waals surface area contributed by atoms with Crippen molar-refractivity contribution in [3.63, 3.8) is 0 Å². The first-order valence-electron chi connectivity index (χ1n) is 9.38. The van der Waals surface area contributed by atoms with Gasteiger partial charge >= 0.3 is 0 Å². The van der Waals surface area contributed by atoms with Crippen LogP contribution in [-0.2, 0) is 17.6 Å². The van der Waals surface area contributed by atoms with Gasteiger partial charge in [-0.2, -0.15) is 0 Å². The Morgan fingerprint density at radius 1 is 1.07 bits per heavy atom. The molecule has 0 aliphatic heterocycles. The fourth-order valence-corrected chi connectivity index (χ4v) is 3.49. The zero-order valence-electron chi connectivity index (χ0n) is 16.3. The Kier molecular flexibility index (Phi) is 4.84. The lowest BCUT2D eigenvalue weighted by molar-refractivity contribution is -0.117. The predicted molar refractivity (Wildman–Crippen MR) is 111 cm³/mol. The van der Waals surface area contributed by atoms with E-state index in [9.17, 15) is 9.18 Å². The first-order chi connectivity index (χ1) is 13.9. The Bertz CT molecular complexity index is 1210. The molecule has 2 aromatic heterocycles. The topological polar surface area (TPSA) is 73.3 Å². The van der Waals surface area contributed by atoms with Crippen molar-refractivity contribution < 1.29 is 9.18 Å².